The molecule has 1 aromatic rings. The average Bonchev–Trinajstić information content (AvgIpc) is 2.38. The molecule has 0 saturated carbocycles. The summed E-state index contributed by atoms with van der Waals surface area (Å²) in [6.07, 6.45) is 1.82. The lowest BCUT2D eigenvalue weighted by Crippen LogP contribution is -2.43. The number of nitrogens with one attached hydrogen (secondary N) is 2. The highest BCUT2D eigenvalue weighted by Crippen LogP contribution is 2.03. The number of aromatic amines is 1. The van der Waals surface area contributed by atoms with Gasteiger partial charge < -0.3 is 15.4 Å². The molecule has 1 aromatic heterocycles. The third-order valence-corrected chi connectivity index (χ3v) is 3.00. The minimum atomic E-state index is -1.12. The van der Waals surface area contributed by atoms with Crippen molar-refractivity contribution in [1.82, 2.24) is 15.3 Å². The van der Waals surface area contributed by atoms with E-state index in [4.69, 9.17) is 5.11 Å². The second kappa shape index (κ2) is 6.83. The maximum atomic E-state index is 12.0. The van der Waals surface area contributed by atoms with Crippen LogP contribution in [0.2, 0.25) is 0 Å². The highest BCUT2D eigenvalue weighted by molar-refractivity contribution is 5.94. The molecule has 1 unspecified atom stereocenters. The number of unbranched alkanes of at least 4 members (excludes halogenated alkanes) is 1. The monoisotopic (exact) mass is 281 g/mol. The molecule has 0 aliphatic carbocycles. The van der Waals surface area contributed by atoms with Crippen LogP contribution in [0.5, 0.6) is 0 Å². The van der Waals surface area contributed by atoms with E-state index >= 15 is 0 Å². The van der Waals surface area contributed by atoms with E-state index in [1.54, 1.807) is 13.8 Å². The molecule has 0 fully saturated rings. The second-order valence-corrected chi connectivity index (χ2v) is 4.63. The highest BCUT2D eigenvalue weighted by atomic mass is 16.4. The van der Waals surface area contributed by atoms with Gasteiger partial charge in [0, 0.05) is 5.69 Å². The lowest BCUT2D eigenvalue weighted by atomic mass is 10.1. The van der Waals surface area contributed by atoms with Crippen LogP contribution in [0.1, 0.15) is 48.1 Å². The Morgan fingerprint density at radius 3 is 2.60 bits per heavy atom. The Morgan fingerprint density at radius 2 is 2.05 bits per heavy atom. The number of aryl methyl sites for hydroxylation is 2. The van der Waals surface area contributed by atoms with Crippen LogP contribution in [0.4, 0.5) is 0 Å². The lowest BCUT2D eigenvalue weighted by Gasteiger charge is -2.13. The summed E-state index contributed by atoms with van der Waals surface area (Å²) in [5.41, 5.74) is 0.170. The van der Waals surface area contributed by atoms with Crippen molar-refractivity contribution in [2.45, 2.75) is 46.1 Å². The molecule has 0 aromatic carbocycles. The summed E-state index contributed by atoms with van der Waals surface area (Å²) in [5.74, 6) is -1.88. The molecular weight excluding hydrogens is 262 g/mol. The van der Waals surface area contributed by atoms with Crippen LogP contribution in [-0.2, 0) is 4.79 Å². The van der Waals surface area contributed by atoms with Crippen LogP contribution in [0.15, 0.2) is 4.79 Å². The van der Waals surface area contributed by atoms with Crippen molar-refractivity contribution < 1.29 is 14.7 Å². The van der Waals surface area contributed by atoms with Gasteiger partial charge in [0.25, 0.3) is 11.5 Å². The number of hydrogen-bond acceptors (Lipinski definition) is 4. The number of carbonyl (C=O) groups is 2. The van der Waals surface area contributed by atoms with Crippen LogP contribution < -0.4 is 10.9 Å². The van der Waals surface area contributed by atoms with Crippen LogP contribution in [0, 0.1) is 13.8 Å². The van der Waals surface area contributed by atoms with E-state index in [0.29, 0.717) is 24.2 Å². The number of carboxylic acids is 1. The Morgan fingerprint density at radius 1 is 1.40 bits per heavy atom. The van der Waals surface area contributed by atoms with Gasteiger partial charge in [0.05, 0.1) is 5.69 Å². The zero-order valence-corrected chi connectivity index (χ0v) is 11.8. The lowest BCUT2D eigenvalue weighted by molar-refractivity contribution is -0.139. The summed E-state index contributed by atoms with van der Waals surface area (Å²) in [6.45, 7) is 5.26. The number of hydrogen-bond donors (Lipinski definition) is 3. The van der Waals surface area contributed by atoms with E-state index in [-0.39, 0.29) is 5.69 Å². The summed E-state index contributed by atoms with van der Waals surface area (Å²) in [7, 11) is 0. The van der Waals surface area contributed by atoms with Gasteiger partial charge in [-0.15, -0.1) is 0 Å². The second-order valence-electron chi connectivity index (χ2n) is 4.63. The molecular formula is C13H19N3O4. The maximum absolute atomic E-state index is 12.0. The summed E-state index contributed by atoms with van der Waals surface area (Å²) < 4.78 is 0. The Bertz CT molecular complexity index is 565. The number of H-pyrrole nitrogens is 1. The molecule has 110 valence electrons. The molecule has 0 radical (unpaired) electrons. The number of carbonyl (C=O) groups excluding carboxylic acids is 1. The fourth-order valence-electron chi connectivity index (χ4n) is 1.67. The summed E-state index contributed by atoms with van der Waals surface area (Å²) >= 11 is 0. The van der Waals surface area contributed by atoms with Gasteiger partial charge in [-0.3, -0.25) is 9.59 Å². The first-order valence-electron chi connectivity index (χ1n) is 6.48. The standard InChI is InChI=1S/C13H19N3O4/c1-4-5-6-9(13(19)20)16-12(18)10-11(17)15-8(3)7(2)14-10/h9H,4-6H2,1-3H3,(H,15,17)(H,16,18)(H,19,20). The van der Waals surface area contributed by atoms with E-state index in [2.05, 4.69) is 15.3 Å². The van der Waals surface area contributed by atoms with Crippen molar-refractivity contribution in [2.24, 2.45) is 0 Å². The minimum Gasteiger partial charge on any atom is -0.480 e. The Kier molecular flexibility index (Phi) is 5.42. The van der Waals surface area contributed by atoms with Crippen molar-refractivity contribution in [3.63, 3.8) is 0 Å². The van der Waals surface area contributed by atoms with Gasteiger partial charge in [0.2, 0.25) is 0 Å². The number of nitrogens with zero attached hydrogens (tertiary/aromatic N) is 1. The predicted molar refractivity (Wildman–Crippen MR) is 72.7 cm³/mol. The van der Waals surface area contributed by atoms with Gasteiger partial charge in [-0.2, -0.15) is 0 Å². The third kappa shape index (κ3) is 3.91. The summed E-state index contributed by atoms with van der Waals surface area (Å²) in [5, 5.41) is 11.4. The Hall–Kier alpha value is -2.18. The van der Waals surface area contributed by atoms with Crippen LogP contribution in [-0.4, -0.2) is 33.0 Å². The summed E-state index contributed by atoms with van der Waals surface area (Å²) in [6, 6.07) is -1.01. The van der Waals surface area contributed by atoms with Crippen molar-refractivity contribution in [3.8, 4) is 0 Å². The molecule has 7 nitrogen and oxygen atoms in total. The molecule has 1 rings (SSSR count). The highest BCUT2D eigenvalue weighted by Gasteiger charge is 2.22. The first-order chi connectivity index (χ1) is 9.36. The van der Waals surface area contributed by atoms with Gasteiger partial charge in [-0.25, -0.2) is 9.78 Å². The van der Waals surface area contributed by atoms with E-state index < -0.39 is 23.5 Å². The molecule has 0 bridgehead atoms. The van der Waals surface area contributed by atoms with Gasteiger partial charge in [-0.05, 0) is 20.3 Å². The minimum absolute atomic E-state index is 0.309. The maximum Gasteiger partial charge on any atom is 0.326 e. The molecule has 0 aliphatic heterocycles. The quantitative estimate of drug-likeness (QED) is 0.712. The zero-order valence-electron chi connectivity index (χ0n) is 11.8. The van der Waals surface area contributed by atoms with E-state index in [1.165, 1.54) is 0 Å². The van der Waals surface area contributed by atoms with Crippen LogP contribution in [0.3, 0.4) is 0 Å². The molecule has 0 aliphatic rings. The Balaban J connectivity index is 2.92. The molecule has 7 heteroatoms. The zero-order chi connectivity index (χ0) is 15.3. The number of amides is 1. The van der Waals surface area contributed by atoms with Crippen LogP contribution in [0.25, 0.3) is 0 Å². The third-order valence-electron chi connectivity index (χ3n) is 3.00. The first kappa shape index (κ1) is 15.9. The molecule has 0 saturated heterocycles. The van der Waals surface area contributed by atoms with Gasteiger partial charge in [-0.1, -0.05) is 19.8 Å². The number of aromatic nitrogens is 2. The molecule has 1 atom stereocenters. The average molecular weight is 281 g/mol. The smallest absolute Gasteiger partial charge is 0.326 e. The normalized spacial score (nSPS) is 11.9. The van der Waals surface area contributed by atoms with Gasteiger partial charge in [0.1, 0.15) is 6.04 Å². The van der Waals surface area contributed by atoms with E-state index in [0.717, 1.165) is 6.42 Å². The SMILES string of the molecule is CCCCC(NC(=O)c1nc(C)c(C)[nH]c1=O)C(=O)O. The predicted octanol–water partition coefficient (Wildman–Crippen LogP) is 0.760. The topological polar surface area (TPSA) is 112 Å². The molecule has 1 heterocycles. The molecule has 20 heavy (non-hydrogen) atoms. The first-order valence-corrected chi connectivity index (χ1v) is 6.48. The van der Waals surface area contributed by atoms with E-state index in [9.17, 15) is 14.4 Å². The molecule has 1 amide bonds. The summed E-state index contributed by atoms with van der Waals surface area (Å²) in [4.78, 5) is 41.1. The fraction of sp³-hybridized carbons (Fsp3) is 0.538. The van der Waals surface area contributed by atoms with Crippen LogP contribution >= 0.6 is 0 Å². The van der Waals surface area contributed by atoms with Crippen molar-refractivity contribution in [3.05, 3.63) is 27.4 Å². The van der Waals surface area contributed by atoms with Gasteiger partial charge >= 0.3 is 5.97 Å². The van der Waals surface area contributed by atoms with E-state index in [1.807, 2.05) is 6.92 Å². The van der Waals surface area contributed by atoms with Crippen molar-refractivity contribution >= 4 is 11.9 Å². The number of aliphatic carboxylic acids is 1. The number of carboxylic acid groups (broad SMARTS) is 1. The Labute approximate surface area is 116 Å². The van der Waals surface area contributed by atoms with Crippen molar-refractivity contribution in [1.29, 1.82) is 0 Å². The number of rotatable bonds is 6. The molecule has 3 N–H and O–H groups in total. The molecule has 0 spiro atoms. The van der Waals surface area contributed by atoms with Crippen molar-refractivity contribution in [2.75, 3.05) is 0 Å². The largest absolute Gasteiger partial charge is 0.480 e. The fourth-order valence-corrected chi connectivity index (χ4v) is 1.67. The van der Waals surface area contributed by atoms with Gasteiger partial charge in [0.15, 0.2) is 5.69 Å².